The fourth-order valence-electron chi connectivity index (χ4n) is 1.58. The van der Waals surface area contributed by atoms with Gasteiger partial charge in [-0.2, -0.15) is 9.36 Å². The average molecular weight is 259 g/mol. The molecule has 0 aliphatic carbocycles. The highest BCUT2D eigenvalue weighted by Crippen LogP contribution is 2.31. The van der Waals surface area contributed by atoms with E-state index in [1.807, 2.05) is 19.1 Å². The Bertz CT molecular complexity index is 656. The molecule has 0 bridgehead atoms. The number of hydrogen-bond donors (Lipinski definition) is 1. The molecule has 3 rings (SSSR count). The summed E-state index contributed by atoms with van der Waals surface area (Å²) in [5.41, 5.74) is 8.14. The Hall–Kier alpha value is -2.28. The van der Waals surface area contributed by atoms with E-state index in [-0.39, 0.29) is 0 Å². The molecule has 0 aliphatic rings. The molecule has 90 valence electrons. The standard InChI is InChI=1S/C11H9N5OS/c1-6-8(9(12)18-16-6)11-14-10(15-17-11)7-3-2-4-13-5-7/h2-5H,12H2,1H3. The summed E-state index contributed by atoms with van der Waals surface area (Å²) >= 11 is 1.22. The summed E-state index contributed by atoms with van der Waals surface area (Å²) in [6.45, 7) is 1.86. The zero-order valence-electron chi connectivity index (χ0n) is 9.49. The van der Waals surface area contributed by atoms with E-state index in [9.17, 15) is 0 Å². The molecule has 0 unspecified atom stereocenters. The fourth-order valence-corrected chi connectivity index (χ4v) is 2.24. The lowest BCUT2D eigenvalue weighted by Gasteiger charge is -1.92. The van der Waals surface area contributed by atoms with Gasteiger partial charge in [0.05, 0.1) is 11.3 Å². The van der Waals surface area contributed by atoms with Gasteiger partial charge < -0.3 is 10.3 Å². The average Bonchev–Trinajstić information content (AvgIpc) is 2.98. The SMILES string of the molecule is Cc1nsc(N)c1-c1nc(-c2cccnc2)no1. The molecular weight excluding hydrogens is 250 g/mol. The number of anilines is 1. The minimum atomic E-state index is 0.387. The highest BCUT2D eigenvalue weighted by Gasteiger charge is 2.17. The van der Waals surface area contributed by atoms with Crippen LogP contribution in [0.5, 0.6) is 0 Å². The van der Waals surface area contributed by atoms with Gasteiger partial charge in [0, 0.05) is 18.0 Å². The van der Waals surface area contributed by atoms with Gasteiger partial charge in [-0.1, -0.05) is 5.16 Å². The van der Waals surface area contributed by atoms with E-state index < -0.39 is 0 Å². The van der Waals surface area contributed by atoms with E-state index in [1.54, 1.807) is 12.4 Å². The number of rotatable bonds is 2. The van der Waals surface area contributed by atoms with Crippen LogP contribution in [-0.2, 0) is 0 Å². The molecule has 7 heteroatoms. The zero-order valence-corrected chi connectivity index (χ0v) is 10.3. The van der Waals surface area contributed by atoms with Crippen molar-refractivity contribution >= 4 is 16.5 Å². The summed E-state index contributed by atoms with van der Waals surface area (Å²) in [6.07, 6.45) is 3.37. The number of nitrogens with two attached hydrogens (primary N) is 1. The van der Waals surface area contributed by atoms with Crippen LogP contribution in [0.25, 0.3) is 22.8 Å². The number of aromatic nitrogens is 4. The van der Waals surface area contributed by atoms with Crippen LogP contribution in [0.1, 0.15) is 5.69 Å². The molecule has 2 N–H and O–H groups in total. The van der Waals surface area contributed by atoms with Crippen molar-refractivity contribution in [1.82, 2.24) is 19.5 Å². The van der Waals surface area contributed by atoms with Crippen LogP contribution in [0.2, 0.25) is 0 Å². The lowest BCUT2D eigenvalue weighted by molar-refractivity contribution is 0.432. The third kappa shape index (κ3) is 1.74. The molecule has 18 heavy (non-hydrogen) atoms. The van der Waals surface area contributed by atoms with Crippen LogP contribution in [0.15, 0.2) is 29.0 Å². The van der Waals surface area contributed by atoms with Gasteiger partial charge in [-0.25, -0.2) is 0 Å². The maximum absolute atomic E-state index is 5.84. The normalized spacial score (nSPS) is 10.7. The topological polar surface area (TPSA) is 90.7 Å². The zero-order chi connectivity index (χ0) is 12.5. The fraction of sp³-hybridized carbons (Fsp3) is 0.0909. The van der Waals surface area contributed by atoms with Gasteiger partial charge in [0.15, 0.2) is 0 Å². The molecule has 3 heterocycles. The van der Waals surface area contributed by atoms with E-state index in [0.29, 0.717) is 22.3 Å². The smallest absolute Gasteiger partial charge is 0.263 e. The largest absolute Gasteiger partial charge is 0.389 e. The van der Waals surface area contributed by atoms with Crippen molar-refractivity contribution in [2.75, 3.05) is 5.73 Å². The van der Waals surface area contributed by atoms with Crippen molar-refractivity contribution < 1.29 is 4.52 Å². The summed E-state index contributed by atoms with van der Waals surface area (Å²) < 4.78 is 9.37. The summed E-state index contributed by atoms with van der Waals surface area (Å²) in [4.78, 5) is 8.33. The second-order valence-electron chi connectivity index (χ2n) is 3.67. The first-order chi connectivity index (χ1) is 8.75. The Morgan fingerprint density at radius 2 is 2.28 bits per heavy atom. The second-order valence-corrected chi connectivity index (χ2v) is 4.48. The first-order valence-electron chi connectivity index (χ1n) is 5.22. The van der Waals surface area contributed by atoms with Crippen LogP contribution in [0.3, 0.4) is 0 Å². The lowest BCUT2D eigenvalue weighted by atomic mass is 10.2. The van der Waals surface area contributed by atoms with E-state index in [0.717, 1.165) is 11.3 Å². The molecule has 3 aromatic rings. The Kier molecular flexibility index (Phi) is 2.52. The summed E-state index contributed by atoms with van der Waals surface area (Å²) in [5, 5.41) is 4.50. The minimum absolute atomic E-state index is 0.387. The van der Waals surface area contributed by atoms with Gasteiger partial charge in [0.2, 0.25) is 5.82 Å². The molecule has 0 saturated heterocycles. The predicted octanol–water partition coefficient (Wildman–Crippen LogP) is 2.15. The van der Waals surface area contributed by atoms with Crippen molar-refractivity contribution in [3.05, 3.63) is 30.2 Å². The van der Waals surface area contributed by atoms with Crippen molar-refractivity contribution in [3.63, 3.8) is 0 Å². The Morgan fingerprint density at radius 1 is 1.39 bits per heavy atom. The Labute approximate surface area is 107 Å². The molecule has 0 atom stereocenters. The summed E-state index contributed by atoms with van der Waals surface area (Å²) in [6, 6.07) is 3.68. The molecule has 0 saturated carbocycles. The van der Waals surface area contributed by atoms with Gasteiger partial charge in [0.1, 0.15) is 5.00 Å². The first kappa shape index (κ1) is 10.8. The van der Waals surface area contributed by atoms with Gasteiger partial charge >= 0.3 is 0 Å². The van der Waals surface area contributed by atoms with Crippen LogP contribution in [-0.4, -0.2) is 19.5 Å². The van der Waals surface area contributed by atoms with E-state index in [2.05, 4.69) is 19.5 Å². The first-order valence-corrected chi connectivity index (χ1v) is 5.99. The molecule has 0 spiro atoms. The van der Waals surface area contributed by atoms with Crippen molar-refractivity contribution in [2.45, 2.75) is 6.92 Å². The third-order valence-electron chi connectivity index (χ3n) is 2.45. The van der Waals surface area contributed by atoms with Crippen molar-refractivity contribution in [3.8, 4) is 22.8 Å². The van der Waals surface area contributed by atoms with Gasteiger partial charge in [-0.15, -0.1) is 0 Å². The molecule has 0 aliphatic heterocycles. The molecule has 6 nitrogen and oxygen atoms in total. The maximum Gasteiger partial charge on any atom is 0.263 e. The van der Waals surface area contributed by atoms with Gasteiger partial charge in [-0.05, 0) is 30.6 Å². The van der Waals surface area contributed by atoms with Gasteiger partial charge in [-0.3, -0.25) is 4.98 Å². The van der Waals surface area contributed by atoms with Crippen LogP contribution >= 0.6 is 11.5 Å². The highest BCUT2D eigenvalue weighted by molar-refractivity contribution is 7.10. The third-order valence-corrected chi connectivity index (χ3v) is 3.21. The predicted molar refractivity (Wildman–Crippen MR) is 67.8 cm³/mol. The highest BCUT2D eigenvalue weighted by atomic mass is 32.1. The number of nitrogens with zero attached hydrogens (tertiary/aromatic N) is 4. The maximum atomic E-state index is 5.84. The van der Waals surface area contributed by atoms with E-state index >= 15 is 0 Å². The minimum Gasteiger partial charge on any atom is -0.389 e. The number of hydrogen-bond acceptors (Lipinski definition) is 7. The van der Waals surface area contributed by atoms with E-state index in [4.69, 9.17) is 10.3 Å². The van der Waals surface area contributed by atoms with Crippen molar-refractivity contribution in [1.29, 1.82) is 0 Å². The van der Waals surface area contributed by atoms with Crippen LogP contribution in [0.4, 0.5) is 5.00 Å². The summed E-state index contributed by atoms with van der Waals surface area (Å²) in [7, 11) is 0. The molecule has 0 amide bonds. The molecule has 0 fully saturated rings. The Balaban J connectivity index is 2.05. The van der Waals surface area contributed by atoms with Gasteiger partial charge in [0.25, 0.3) is 5.89 Å². The molecular formula is C11H9N5OS. The lowest BCUT2D eigenvalue weighted by Crippen LogP contribution is -1.87. The quantitative estimate of drug-likeness (QED) is 0.758. The monoisotopic (exact) mass is 259 g/mol. The molecule has 0 radical (unpaired) electrons. The molecule has 3 aromatic heterocycles. The second kappa shape index (κ2) is 4.19. The van der Waals surface area contributed by atoms with Crippen molar-refractivity contribution in [2.24, 2.45) is 0 Å². The van der Waals surface area contributed by atoms with Crippen LogP contribution in [0, 0.1) is 6.92 Å². The van der Waals surface area contributed by atoms with E-state index in [1.165, 1.54) is 11.5 Å². The number of nitrogen functional groups attached to an aromatic ring is 1. The summed E-state index contributed by atoms with van der Waals surface area (Å²) in [5.74, 6) is 0.876. The number of aryl methyl sites for hydroxylation is 1. The number of pyridine rings is 1. The Morgan fingerprint density at radius 3 is 2.94 bits per heavy atom. The molecule has 0 aromatic carbocycles. The van der Waals surface area contributed by atoms with Crippen LogP contribution < -0.4 is 5.73 Å².